The predicted molar refractivity (Wildman–Crippen MR) is 91.7 cm³/mol. The van der Waals surface area contributed by atoms with Crippen molar-refractivity contribution in [3.63, 3.8) is 0 Å². The van der Waals surface area contributed by atoms with E-state index in [0.29, 0.717) is 11.1 Å². The summed E-state index contributed by atoms with van der Waals surface area (Å²) in [7, 11) is 0. The van der Waals surface area contributed by atoms with E-state index in [1.165, 1.54) is 17.3 Å². The fourth-order valence-electron chi connectivity index (χ4n) is 2.02. The summed E-state index contributed by atoms with van der Waals surface area (Å²) in [5.41, 5.74) is 3.22. The smallest absolute Gasteiger partial charge is 0.277 e. The lowest BCUT2D eigenvalue weighted by molar-refractivity contribution is 0.252. The first-order valence-electron chi connectivity index (χ1n) is 7.56. The van der Waals surface area contributed by atoms with E-state index in [9.17, 15) is 0 Å². The van der Waals surface area contributed by atoms with Gasteiger partial charge in [-0.3, -0.25) is 0 Å². The Balaban J connectivity index is 1.50. The number of aliphatic hydroxyl groups excluding tert-OH is 1. The molecule has 0 fully saturated rings. The molecule has 6 heteroatoms. The zero-order valence-electron chi connectivity index (χ0n) is 13.3. The molecule has 3 aromatic rings. The molecule has 1 N–H and O–H groups in total. The fourth-order valence-corrected chi connectivity index (χ4v) is 2.76. The van der Waals surface area contributed by atoms with E-state index in [0.717, 1.165) is 22.6 Å². The molecule has 0 aliphatic carbocycles. The van der Waals surface area contributed by atoms with Crippen LogP contribution < -0.4 is 4.74 Å². The Labute approximate surface area is 144 Å². The highest BCUT2D eigenvalue weighted by atomic mass is 32.2. The Morgan fingerprint density at radius 1 is 1.00 bits per heavy atom. The molecule has 0 radical (unpaired) electrons. The minimum absolute atomic E-state index is 0.0570. The zero-order valence-corrected chi connectivity index (χ0v) is 14.1. The van der Waals surface area contributed by atoms with Gasteiger partial charge < -0.3 is 14.3 Å². The molecule has 2 aromatic carbocycles. The van der Waals surface area contributed by atoms with Crippen molar-refractivity contribution in [2.75, 3.05) is 0 Å². The van der Waals surface area contributed by atoms with E-state index in [1.807, 2.05) is 55.5 Å². The first kappa shape index (κ1) is 16.5. The van der Waals surface area contributed by atoms with E-state index in [4.69, 9.17) is 14.3 Å². The molecule has 0 saturated carbocycles. The largest absolute Gasteiger partial charge is 0.484 e. The third-order valence-electron chi connectivity index (χ3n) is 3.40. The summed E-state index contributed by atoms with van der Waals surface area (Å²) in [4.78, 5) is 0. The second-order valence-electron chi connectivity index (χ2n) is 5.33. The SMILES string of the molecule is Cc1ccc(OCc2nnc(SCc3ccc(CO)cc3)o2)cc1. The summed E-state index contributed by atoms with van der Waals surface area (Å²) in [6.45, 7) is 2.34. The Bertz CT molecular complexity index is 770. The van der Waals surface area contributed by atoms with Crippen molar-refractivity contribution in [3.05, 3.63) is 71.1 Å². The Morgan fingerprint density at radius 3 is 2.42 bits per heavy atom. The van der Waals surface area contributed by atoms with Crippen LogP contribution in [0.1, 0.15) is 22.6 Å². The van der Waals surface area contributed by atoms with Crippen LogP contribution in [0.5, 0.6) is 5.75 Å². The summed E-state index contributed by atoms with van der Waals surface area (Å²) in [6.07, 6.45) is 0. The Kier molecular flexibility index (Phi) is 5.51. The number of aryl methyl sites for hydroxylation is 1. The zero-order chi connectivity index (χ0) is 16.8. The van der Waals surface area contributed by atoms with Crippen LogP contribution in [0.3, 0.4) is 0 Å². The van der Waals surface area contributed by atoms with Gasteiger partial charge in [0.2, 0.25) is 0 Å². The van der Waals surface area contributed by atoms with Crippen molar-refractivity contribution in [2.24, 2.45) is 0 Å². The monoisotopic (exact) mass is 342 g/mol. The van der Waals surface area contributed by atoms with Crippen molar-refractivity contribution < 1.29 is 14.3 Å². The topological polar surface area (TPSA) is 68.4 Å². The van der Waals surface area contributed by atoms with E-state index in [2.05, 4.69) is 10.2 Å². The van der Waals surface area contributed by atoms with Crippen LogP contribution >= 0.6 is 11.8 Å². The molecular weight excluding hydrogens is 324 g/mol. The third kappa shape index (κ3) is 4.59. The van der Waals surface area contributed by atoms with Gasteiger partial charge in [0, 0.05) is 5.75 Å². The lowest BCUT2D eigenvalue weighted by atomic mass is 10.2. The first-order valence-corrected chi connectivity index (χ1v) is 8.55. The number of hydrogen-bond acceptors (Lipinski definition) is 6. The van der Waals surface area contributed by atoms with Gasteiger partial charge in [-0.2, -0.15) is 0 Å². The maximum Gasteiger partial charge on any atom is 0.277 e. The molecule has 0 atom stereocenters. The summed E-state index contributed by atoms with van der Waals surface area (Å²) in [5, 5.41) is 17.6. The second kappa shape index (κ2) is 7.99. The molecule has 0 amide bonds. The summed E-state index contributed by atoms with van der Waals surface area (Å²) < 4.78 is 11.2. The van der Waals surface area contributed by atoms with Gasteiger partial charge in [0.25, 0.3) is 11.1 Å². The highest BCUT2D eigenvalue weighted by molar-refractivity contribution is 7.98. The van der Waals surface area contributed by atoms with Gasteiger partial charge in [-0.25, -0.2) is 0 Å². The van der Waals surface area contributed by atoms with Crippen LogP contribution in [0.25, 0.3) is 0 Å². The van der Waals surface area contributed by atoms with E-state index < -0.39 is 0 Å². The van der Waals surface area contributed by atoms with Gasteiger partial charge >= 0.3 is 0 Å². The number of benzene rings is 2. The van der Waals surface area contributed by atoms with E-state index in [1.54, 1.807) is 0 Å². The number of aliphatic hydroxyl groups is 1. The van der Waals surface area contributed by atoms with Gasteiger partial charge in [0.1, 0.15) is 5.75 Å². The van der Waals surface area contributed by atoms with Crippen molar-refractivity contribution in [1.29, 1.82) is 0 Å². The molecule has 1 aromatic heterocycles. The maximum atomic E-state index is 9.04. The average Bonchev–Trinajstić information content (AvgIpc) is 3.08. The second-order valence-corrected chi connectivity index (χ2v) is 6.25. The van der Waals surface area contributed by atoms with Crippen LogP contribution in [0.15, 0.2) is 58.2 Å². The fraction of sp³-hybridized carbons (Fsp3) is 0.222. The highest BCUT2D eigenvalue weighted by Crippen LogP contribution is 2.22. The molecule has 24 heavy (non-hydrogen) atoms. The van der Waals surface area contributed by atoms with Crippen LogP contribution in [-0.2, 0) is 19.0 Å². The molecule has 5 nitrogen and oxygen atoms in total. The highest BCUT2D eigenvalue weighted by Gasteiger charge is 2.08. The van der Waals surface area contributed by atoms with Crippen LogP contribution in [0, 0.1) is 6.92 Å². The molecule has 0 saturated heterocycles. The Hall–Kier alpha value is -2.31. The molecule has 1 heterocycles. The summed E-state index contributed by atoms with van der Waals surface area (Å²) in [6, 6.07) is 15.6. The molecule has 0 spiro atoms. The van der Waals surface area contributed by atoms with Crippen LogP contribution in [0.2, 0.25) is 0 Å². The van der Waals surface area contributed by atoms with Crippen molar-refractivity contribution in [1.82, 2.24) is 10.2 Å². The number of nitrogens with zero attached hydrogens (tertiary/aromatic N) is 2. The molecule has 124 valence electrons. The number of hydrogen-bond donors (Lipinski definition) is 1. The van der Waals surface area contributed by atoms with E-state index >= 15 is 0 Å². The summed E-state index contributed by atoms with van der Waals surface area (Å²) >= 11 is 1.47. The normalized spacial score (nSPS) is 10.8. The molecule has 0 aliphatic rings. The minimum Gasteiger partial charge on any atom is -0.484 e. The molecule has 0 unspecified atom stereocenters. The number of rotatable bonds is 7. The number of aromatic nitrogens is 2. The number of thioether (sulfide) groups is 1. The molecule has 0 bridgehead atoms. The van der Waals surface area contributed by atoms with E-state index in [-0.39, 0.29) is 13.2 Å². The predicted octanol–water partition coefficient (Wildman–Crippen LogP) is 3.74. The van der Waals surface area contributed by atoms with Gasteiger partial charge in [0.15, 0.2) is 6.61 Å². The molecule has 3 rings (SSSR count). The Morgan fingerprint density at radius 2 is 1.71 bits per heavy atom. The van der Waals surface area contributed by atoms with Crippen molar-refractivity contribution in [2.45, 2.75) is 31.1 Å². The van der Waals surface area contributed by atoms with Gasteiger partial charge in [0.05, 0.1) is 6.61 Å². The lowest BCUT2D eigenvalue weighted by Crippen LogP contribution is -1.95. The van der Waals surface area contributed by atoms with Crippen LogP contribution in [-0.4, -0.2) is 15.3 Å². The lowest BCUT2D eigenvalue weighted by Gasteiger charge is -2.03. The minimum atomic E-state index is 0.0570. The quantitative estimate of drug-likeness (QED) is 0.660. The van der Waals surface area contributed by atoms with Gasteiger partial charge in [-0.1, -0.05) is 53.7 Å². The average molecular weight is 342 g/mol. The first-order chi connectivity index (χ1) is 11.7. The summed E-state index contributed by atoms with van der Waals surface area (Å²) in [5.74, 6) is 1.96. The van der Waals surface area contributed by atoms with Gasteiger partial charge in [-0.15, -0.1) is 10.2 Å². The van der Waals surface area contributed by atoms with Crippen LogP contribution in [0.4, 0.5) is 0 Å². The van der Waals surface area contributed by atoms with Crippen molar-refractivity contribution in [3.8, 4) is 5.75 Å². The maximum absolute atomic E-state index is 9.04. The van der Waals surface area contributed by atoms with Gasteiger partial charge in [-0.05, 0) is 30.2 Å². The molecule has 0 aliphatic heterocycles. The third-order valence-corrected chi connectivity index (χ3v) is 4.29. The molecular formula is C18H18N2O3S. The standard InChI is InChI=1S/C18H18N2O3S/c1-13-2-8-16(9-3-13)22-11-17-19-20-18(23-17)24-12-15-6-4-14(10-21)5-7-15/h2-9,21H,10-12H2,1H3. The van der Waals surface area contributed by atoms with Crippen molar-refractivity contribution >= 4 is 11.8 Å². The number of ether oxygens (including phenoxy) is 1.